The van der Waals surface area contributed by atoms with Gasteiger partial charge in [-0.1, -0.05) is 23.2 Å². The van der Waals surface area contributed by atoms with Crippen LogP contribution < -0.4 is 16.3 Å². The fourth-order valence-electron chi connectivity index (χ4n) is 3.57. The highest BCUT2D eigenvalue weighted by Crippen LogP contribution is 2.36. The molecule has 1 saturated heterocycles. The van der Waals surface area contributed by atoms with Crippen LogP contribution in [-0.2, 0) is 0 Å². The quantitative estimate of drug-likeness (QED) is 0.432. The number of halogens is 3. The number of aromatic nitrogens is 4. The van der Waals surface area contributed by atoms with E-state index >= 15 is 0 Å². The molecule has 4 rings (SSSR count). The van der Waals surface area contributed by atoms with Gasteiger partial charge in [0.2, 0.25) is 0 Å². The van der Waals surface area contributed by atoms with E-state index in [-0.39, 0.29) is 27.8 Å². The molecule has 0 amide bonds. The molecular weight excluding hydrogens is 444 g/mol. The molecule has 0 saturated carbocycles. The van der Waals surface area contributed by atoms with E-state index in [1.807, 2.05) is 15.9 Å². The maximum atomic E-state index is 13.9. The van der Waals surface area contributed by atoms with E-state index in [1.165, 1.54) is 12.1 Å². The number of rotatable bonds is 5. The molecule has 3 aromatic rings. The molecule has 0 bridgehead atoms. The van der Waals surface area contributed by atoms with Crippen molar-refractivity contribution in [1.29, 1.82) is 0 Å². The number of benzene rings is 1. The first kappa shape index (κ1) is 21.8. The minimum absolute atomic E-state index is 0.0990. The van der Waals surface area contributed by atoms with Gasteiger partial charge in [0.25, 0.3) is 5.88 Å². The Morgan fingerprint density at radius 2 is 1.97 bits per heavy atom. The maximum Gasteiger partial charge on any atom is 0.258 e. The second kappa shape index (κ2) is 8.96. The third kappa shape index (κ3) is 4.59. The molecule has 0 aliphatic carbocycles. The van der Waals surface area contributed by atoms with Crippen molar-refractivity contribution < 1.29 is 9.13 Å². The molecule has 1 aromatic carbocycles. The Balaban J connectivity index is 1.56. The normalized spacial score (nSPS) is 16.4. The van der Waals surface area contributed by atoms with Crippen molar-refractivity contribution in [3.8, 4) is 17.1 Å². The number of piperidine rings is 1. The number of hydrogen-bond donors (Lipinski definition) is 2. The molecule has 0 spiro atoms. The summed E-state index contributed by atoms with van der Waals surface area (Å²) in [5.41, 5.74) is 7.60. The molecule has 3 heterocycles. The third-order valence-electron chi connectivity index (χ3n) is 5.31. The molecule has 4 N–H and O–H groups in total. The van der Waals surface area contributed by atoms with Crippen molar-refractivity contribution in [3.63, 3.8) is 0 Å². The van der Waals surface area contributed by atoms with Crippen molar-refractivity contribution in [3.05, 3.63) is 52.1 Å². The van der Waals surface area contributed by atoms with E-state index < -0.39 is 11.9 Å². The maximum absolute atomic E-state index is 13.9. The highest BCUT2D eigenvalue weighted by atomic mass is 35.5. The van der Waals surface area contributed by atoms with Crippen LogP contribution in [0, 0.1) is 5.82 Å². The highest BCUT2D eigenvalue weighted by molar-refractivity contribution is 6.36. The number of nitrogens with two attached hydrogens (primary N) is 2. The summed E-state index contributed by atoms with van der Waals surface area (Å²) in [6.07, 6.45) is 6.34. The Bertz CT molecular complexity index is 1090. The number of hydrazine groups is 1. The fraction of sp³-hybridized carbons (Fsp3) is 0.350. The van der Waals surface area contributed by atoms with Gasteiger partial charge >= 0.3 is 0 Å². The van der Waals surface area contributed by atoms with E-state index in [0.29, 0.717) is 11.3 Å². The molecular formula is C20H22Cl2FN7O. The van der Waals surface area contributed by atoms with Crippen molar-refractivity contribution in [1.82, 2.24) is 24.8 Å². The molecule has 164 valence electrons. The Morgan fingerprint density at radius 3 is 2.71 bits per heavy atom. The lowest BCUT2D eigenvalue weighted by Crippen LogP contribution is -2.39. The number of anilines is 1. The Kier molecular flexibility index (Phi) is 6.29. The fourth-order valence-corrected chi connectivity index (χ4v) is 4.25. The van der Waals surface area contributed by atoms with Gasteiger partial charge in [-0.25, -0.2) is 19.4 Å². The molecule has 1 atom stereocenters. The highest BCUT2D eigenvalue weighted by Gasteiger charge is 2.22. The number of nitrogen functional groups attached to an aromatic ring is 1. The Morgan fingerprint density at radius 1 is 1.23 bits per heavy atom. The predicted octanol–water partition coefficient (Wildman–Crippen LogP) is 4.02. The summed E-state index contributed by atoms with van der Waals surface area (Å²) in [5, 5.41) is 6.47. The second-order valence-electron chi connectivity index (χ2n) is 7.44. The summed E-state index contributed by atoms with van der Waals surface area (Å²) >= 11 is 12.3. The van der Waals surface area contributed by atoms with Crippen LogP contribution in [0.5, 0.6) is 5.88 Å². The van der Waals surface area contributed by atoms with Gasteiger partial charge in [0.05, 0.1) is 29.2 Å². The van der Waals surface area contributed by atoms with Gasteiger partial charge in [-0.05, 0) is 31.9 Å². The number of nitrogens with zero attached hydrogens (tertiary/aromatic N) is 5. The van der Waals surface area contributed by atoms with Gasteiger partial charge in [-0.15, -0.1) is 0 Å². The smallest absolute Gasteiger partial charge is 0.258 e. The van der Waals surface area contributed by atoms with Gasteiger partial charge in [0.15, 0.2) is 5.82 Å². The van der Waals surface area contributed by atoms with Gasteiger partial charge in [0.1, 0.15) is 11.9 Å². The van der Waals surface area contributed by atoms with E-state index in [2.05, 4.69) is 15.1 Å². The minimum Gasteiger partial charge on any atom is -0.467 e. The van der Waals surface area contributed by atoms with Crippen LogP contribution in [-0.4, -0.2) is 37.8 Å². The van der Waals surface area contributed by atoms with Gasteiger partial charge < -0.3 is 10.5 Å². The molecule has 1 fully saturated rings. The van der Waals surface area contributed by atoms with Gasteiger partial charge in [-0.2, -0.15) is 5.10 Å². The van der Waals surface area contributed by atoms with E-state index in [9.17, 15) is 4.39 Å². The first-order valence-electron chi connectivity index (χ1n) is 9.80. The van der Waals surface area contributed by atoms with E-state index in [4.69, 9.17) is 39.5 Å². The molecule has 1 aliphatic rings. The molecule has 11 heteroatoms. The van der Waals surface area contributed by atoms with E-state index in [0.717, 1.165) is 31.5 Å². The SMILES string of the molecule is C[C@@H](Oc1nc(-c2cnn(C3CCN(N)CC3)c2)cnc1N)c1c(Cl)ccc(F)c1Cl. The minimum atomic E-state index is -0.702. The van der Waals surface area contributed by atoms with Crippen LogP contribution in [0.15, 0.2) is 30.7 Å². The molecule has 8 nitrogen and oxygen atoms in total. The zero-order valence-corrected chi connectivity index (χ0v) is 18.3. The molecule has 0 unspecified atom stereocenters. The number of hydrogen-bond acceptors (Lipinski definition) is 7. The second-order valence-corrected chi connectivity index (χ2v) is 8.22. The standard InChI is InChI=1S/C20H22Cl2FN7O/c1-11(17-14(21)2-3-15(23)18(17)22)31-20-19(24)26-9-16(28-20)12-8-27-30(10-12)13-4-6-29(25)7-5-13/h2-3,8-11,13H,4-7,25H2,1H3,(H2,24,26)/t11-/m1/s1. The summed E-state index contributed by atoms with van der Waals surface area (Å²) in [5.74, 6) is 5.45. The average molecular weight is 466 g/mol. The van der Waals surface area contributed by atoms with Crippen LogP contribution in [0.25, 0.3) is 11.3 Å². The largest absolute Gasteiger partial charge is 0.467 e. The summed E-state index contributed by atoms with van der Waals surface area (Å²) in [7, 11) is 0. The average Bonchev–Trinajstić information content (AvgIpc) is 3.23. The van der Waals surface area contributed by atoms with Crippen LogP contribution in [0.2, 0.25) is 10.0 Å². The van der Waals surface area contributed by atoms with Crippen molar-refractivity contribution in [2.24, 2.45) is 5.84 Å². The lowest BCUT2D eigenvalue weighted by molar-refractivity contribution is 0.183. The van der Waals surface area contributed by atoms with Crippen molar-refractivity contribution >= 4 is 29.0 Å². The molecule has 31 heavy (non-hydrogen) atoms. The molecule has 1 aliphatic heterocycles. The van der Waals surface area contributed by atoms with Crippen LogP contribution in [0.3, 0.4) is 0 Å². The van der Waals surface area contributed by atoms with Crippen LogP contribution in [0.1, 0.15) is 37.5 Å². The predicted molar refractivity (Wildman–Crippen MR) is 117 cm³/mol. The monoisotopic (exact) mass is 465 g/mol. The molecule has 2 aromatic heterocycles. The van der Waals surface area contributed by atoms with Gasteiger partial charge in [0, 0.05) is 35.4 Å². The van der Waals surface area contributed by atoms with Crippen LogP contribution in [0.4, 0.5) is 10.2 Å². The molecule has 0 radical (unpaired) electrons. The Labute approximate surface area is 188 Å². The van der Waals surface area contributed by atoms with E-state index in [1.54, 1.807) is 19.3 Å². The Hall–Kier alpha value is -2.46. The number of ether oxygens (including phenoxy) is 1. The summed E-state index contributed by atoms with van der Waals surface area (Å²) < 4.78 is 21.7. The third-order valence-corrected chi connectivity index (χ3v) is 6.03. The van der Waals surface area contributed by atoms with Gasteiger partial charge in [-0.3, -0.25) is 10.5 Å². The lowest BCUT2D eigenvalue weighted by atomic mass is 10.1. The van der Waals surface area contributed by atoms with Crippen molar-refractivity contribution in [2.75, 3.05) is 18.8 Å². The zero-order valence-electron chi connectivity index (χ0n) is 16.8. The lowest BCUT2D eigenvalue weighted by Gasteiger charge is -2.28. The first-order chi connectivity index (χ1) is 14.8. The summed E-state index contributed by atoms with van der Waals surface area (Å²) in [6.45, 7) is 3.33. The summed E-state index contributed by atoms with van der Waals surface area (Å²) in [4.78, 5) is 8.68. The topological polar surface area (TPSA) is 108 Å². The summed E-state index contributed by atoms with van der Waals surface area (Å²) in [6, 6.07) is 2.90. The first-order valence-corrected chi connectivity index (χ1v) is 10.6. The zero-order chi connectivity index (χ0) is 22.1. The van der Waals surface area contributed by atoms with Crippen molar-refractivity contribution in [2.45, 2.75) is 31.9 Å². The van der Waals surface area contributed by atoms with Crippen LogP contribution >= 0.6 is 23.2 Å².